The van der Waals surface area contributed by atoms with Crippen LogP contribution in [0.5, 0.6) is 0 Å². The number of hydrogen-bond acceptors (Lipinski definition) is 1. The Balaban J connectivity index is 2.43. The Morgan fingerprint density at radius 3 is 2.27 bits per heavy atom. The average molecular weight is 324 g/mol. The summed E-state index contributed by atoms with van der Waals surface area (Å²) in [5.74, 6) is -3.67. The molecule has 2 rings (SSSR count). The van der Waals surface area contributed by atoms with E-state index in [1.807, 2.05) is 0 Å². The first-order chi connectivity index (χ1) is 10.4. The van der Waals surface area contributed by atoms with E-state index in [9.17, 15) is 13.6 Å². The molecule has 2 aromatic rings. The normalized spacial score (nSPS) is 12.7. The highest BCUT2D eigenvalue weighted by atomic mass is 35.5. The molecule has 0 aliphatic heterocycles. The van der Waals surface area contributed by atoms with Gasteiger partial charge in [0.25, 0.3) is 5.92 Å². The van der Waals surface area contributed by atoms with Crippen molar-refractivity contribution in [3.8, 4) is 0 Å². The zero-order chi connectivity index (χ0) is 16.2. The molecule has 0 aliphatic rings. The van der Waals surface area contributed by atoms with Gasteiger partial charge < -0.3 is 5.32 Å². The van der Waals surface area contributed by atoms with E-state index in [0.717, 1.165) is 0 Å². The number of hydrogen-bond donors (Lipinski definition) is 1. The molecule has 0 saturated carbocycles. The molecule has 5 heteroatoms. The largest absolute Gasteiger partial charge is 0.343 e. The third-order valence-electron chi connectivity index (χ3n) is 3.35. The van der Waals surface area contributed by atoms with Gasteiger partial charge in [-0.3, -0.25) is 4.79 Å². The molecule has 2 nitrogen and oxygen atoms in total. The zero-order valence-corrected chi connectivity index (χ0v) is 12.8. The number of nitrogens with one attached hydrogen (secondary N) is 1. The summed E-state index contributed by atoms with van der Waals surface area (Å²) in [7, 11) is 0. The number of benzene rings is 2. The van der Waals surface area contributed by atoms with Crippen LogP contribution in [0, 0.1) is 0 Å². The van der Waals surface area contributed by atoms with Crippen LogP contribution >= 0.6 is 11.6 Å². The Hall–Kier alpha value is -1.94. The van der Waals surface area contributed by atoms with Crippen molar-refractivity contribution < 1.29 is 13.6 Å². The smallest absolute Gasteiger partial charge is 0.297 e. The van der Waals surface area contributed by atoms with Gasteiger partial charge in [-0.05, 0) is 17.7 Å². The summed E-state index contributed by atoms with van der Waals surface area (Å²) in [4.78, 5) is 11.7. The second kappa shape index (κ2) is 6.88. The van der Waals surface area contributed by atoms with E-state index >= 15 is 0 Å². The summed E-state index contributed by atoms with van der Waals surface area (Å²) >= 11 is 5.81. The van der Waals surface area contributed by atoms with Gasteiger partial charge in [-0.15, -0.1) is 0 Å². The van der Waals surface area contributed by atoms with E-state index in [-0.39, 0.29) is 12.0 Å². The van der Waals surface area contributed by atoms with E-state index in [1.54, 1.807) is 25.1 Å². The van der Waals surface area contributed by atoms with Crippen molar-refractivity contribution in [2.45, 2.75) is 25.3 Å². The fourth-order valence-electron chi connectivity index (χ4n) is 2.13. The van der Waals surface area contributed by atoms with E-state index < -0.39 is 17.9 Å². The first-order valence-electron chi connectivity index (χ1n) is 6.93. The SMILES string of the molecule is CCC(=O)NC(c1ccc(Cl)cc1)C(F)(F)c1ccccc1. The van der Waals surface area contributed by atoms with Crippen LogP contribution in [0.3, 0.4) is 0 Å². The van der Waals surface area contributed by atoms with Gasteiger partial charge in [0.1, 0.15) is 6.04 Å². The molecule has 2 aromatic carbocycles. The monoisotopic (exact) mass is 323 g/mol. The molecular formula is C17H16ClF2NO. The lowest BCUT2D eigenvalue weighted by molar-refractivity contribution is -0.126. The van der Waals surface area contributed by atoms with Gasteiger partial charge >= 0.3 is 0 Å². The van der Waals surface area contributed by atoms with Crippen molar-refractivity contribution in [3.05, 3.63) is 70.7 Å². The number of halogens is 3. The average Bonchev–Trinajstić information content (AvgIpc) is 2.54. The van der Waals surface area contributed by atoms with Crippen LogP contribution in [-0.4, -0.2) is 5.91 Å². The molecule has 0 aromatic heterocycles. The first kappa shape index (κ1) is 16.4. The third kappa shape index (κ3) is 3.63. The predicted octanol–water partition coefficient (Wildman–Crippen LogP) is 4.70. The van der Waals surface area contributed by atoms with E-state index in [1.165, 1.54) is 36.4 Å². The maximum atomic E-state index is 14.9. The van der Waals surface area contributed by atoms with Crippen molar-refractivity contribution in [3.63, 3.8) is 0 Å². The summed E-state index contributed by atoms with van der Waals surface area (Å²) in [6.07, 6.45) is 0.134. The van der Waals surface area contributed by atoms with Crippen LogP contribution in [0.2, 0.25) is 5.02 Å². The molecule has 1 N–H and O–H groups in total. The lowest BCUT2D eigenvalue weighted by Gasteiger charge is -2.28. The Bertz CT molecular complexity index is 629. The van der Waals surface area contributed by atoms with Gasteiger partial charge in [0.05, 0.1) is 0 Å². The molecule has 1 amide bonds. The van der Waals surface area contributed by atoms with Crippen LogP contribution in [0.25, 0.3) is 0 Å². The molecule has 0 radical (unpaired) electrons. The van der Waals surface area contributed by atoms with E-state index in [0.29, 0.717) is 10.6 Å². The number of alkyl halides is 2. The summed E-state index contributed by atoms with van der Waals surface area (Å²) in [5.41, 5.74) is 0.159. The van der Waals surface area contributed by atoms with Gasteiger partial charge in [-0.25, -0.2) is 0 Å². The van der Waals surface area contributed by atoms with Gasteiger partial charge in [0, 0.05) is 17.0 Å². The molecule has 0 heterocycles. The molecule has 116 valence electrons. The highest BCUT2D eigenvalue weighted by Gasteiger charge is 2.43. The maximum absolute atomic E-state index is 14.9. The quantitative estimate of drug-likeness (QED) is 0.849. The summed E-state index contributed by atoms with van der Waals surface area (Å²) in [5, 5.41) is 2.86. The van der Waals surface area contributed by atoms with Gasteiger partial charge in [-0.2, -0.15) is 8.78 Å². The highest BCUT2D eigenvalue weighted by molar-refractivity contribution is 6.30. The minimum atomic E-state index is -3.24. The highest BCUT2D eigenvalue weighted by Crippen LogP contribution is 2.40. The van der Waals surface area contributed by atoms with Crippen molar-refractivity contribution in [1.29, 1.82) is 0 Å². The summed E-state index contributed by atoms with van der Waals surface area (Å²) < 4.78 is 29.7. The molecule has 0 fully saturated rings. The number of amides is 1. The molecule has 0 saturated heterocycles. The minimum absolute atomic E-state index is 0.134. The summed E-state index contributed by atoms with van der Waals surface area (Å²) in [6, 6.07) is 12.1. The van der Waals surface area contributed by atoms with E-state index in [2.05, 4.69) is 5.32 Å². The number of carbonyl (C=O) groups is 1. The molecule has 1 unspecified atom stereocenters. The number of rotatable bonds is 5. The molecule has 0 aliphatic carbocycles. The molecule has 0 bridgehead atoms. The van der Waals surface area contributed by atoms with Crippen LogP contribution < -0.4 is 5.32 Å². The first-order valence-corrected chi connectivity index (χ1v) is 7.31. The Morgan fingerprint density at radius 2 is 1.73 bits per heavy atom. The Morgan fingerprint density at radius 1 is 1.14 bits per heavy atom. The second-order valence-corrected chi connectivity index (χ2v) is 5.33. The number of carbonyl (C=O) groups excluding carboxylic acids is 1. The predicted molar refractivity (Wildman–Crippen MR) is 83.0 cm³/mol. The molecular weight excluding hydrogens is 308 g/mol. The Kier molecular flexibility index (Phi) is 5.14. The topological polar surface area (TPSA) is 29.1 Å². The third-order valence-corrected chi connectivity index (χ3v) is 3.60. The van der Waals surface area contributed by atoms with Gasteiger partial charge in [0.15, 0.2) is 0 Å². The van der Waals surface area contributed by atoms with Crippen molar-refractivity contribution >= 4 is 17.5 Å². The minimum Gasteiger partial charge on any atom is -0.343 e. The van der Waals surface area contributed by atoms with Crippen molar-refractivity contribution in [1.82, 2.24) is 5.32 Å². The maximum Gasteiger partial charge on any atom is 0.297 e. The standard InChI is InChI=1S/C17H16ClF2NO/c1-2-15(22)21-16(12-8-10-14(18)11-9-12)17(19,20)13-6-4-3-5-7-13/h3-11,16H,2H2,1H3,(H,21,22). The van der Waals surface area contributed by atoms with E-state index in [4.69, 9.17) is 11.6 Å². The van der Waals surface area contributed by atoms with Gasteiger partial charge in [0.2, 0.25) is 5.91 Å². The molecule has 22 heavy (non-hydrogen) atoms. The molecule has 1 atom stereocenters. The van der Waals surface area contributed by atoms with Crippen LogP contribution in [0.15, 0.2) is 54.6 Å². The lowest BCUT2D eigenvalue weighted by Crippen LogP contribution is -2.38. The van der Waals surface area contributed by atoms with Crippen molar-refractivity contribution in [2.75, 3.05) is 0 Å². The van der Waals surface area contributed by atoms with Crippen LogP contribution in [0.4, 0.5) is 8.78 Å². The van der Waals surface area contributed by atoms with Crippen molar-refractivity contribution in [2.24, 2.45) is 0 Å². The zero-order valence-electron chi connectivity index (χ0n) is 12.0. The van der Waals surface area contributed by atoms with Gasteiger partial charge in [-0.1, -0.05) is 61.0 Å². The van der Waals surface area contributed by atoms with Crippen LogP contribution in [-0.2, 0) is 10.7 Å². The summed E-state index contributed by atoms with van der Waals surface area (Å²) in [6.45, 7) is 1.62. The molecule has 0 spiro atoms. The second-order valence-electron chi connectivity index (χ2n) is 4.89. The Labute approximate surface area is 133 Å². The fraction of sp³-hybridized carbons (Fsp3) is 0.235. The van der Waals surface area contributed by atoms with Crippen LogP contribution in [0.1, 0.15) is 30.5 Å². The lowest BCUT2D eigenvalue weighted by atomic mass is 9.94. The fourth-order valence-corrected chi connectivity index (χ4v) is 2.25.